The predicted octanol–water partition coefficient (Wildman–Crippen LogP) is 4.80. The van der Waals surface area contributed by atoms with Crippen molar-refractivity contribution >= 4 is 28.5 Å². The number of hydrogen-bond acceptors (Lipinski definition) is 7. The predicted molar refractivity (Wildman–Crippen MR) is 123 cm³/mol. The third-order valence-corrected chi connectivity index (χ3v) is 5.24. The van der Waals surface area contributed by atoms with E-state index in [1.165, 1.54) is 24.5 Å². The molecule has 3 aromatic rings. The van der Waals surface area contributed by atoms with Gasteiger partial charge >= 0.3 is 0 Å². The summed E-state index contributed by atoms with van der Waals surface area (Å²) in [5.74, 6) is 1.95. The SMILES string of the molecule is COc1ccc(C)cc1-c1csc(NC(=O)/C=C/c2cc(OC)c(OC)c(OC)c2)n1. The maximum atomic E-state index is 12.4. The van der Waals surface area contributed by atoms with Gasteiger partial charge in [-0.2, -0.15) is 0 Å². The Morgan fingerprint density at radius 2 is 1.65 bits per heavy atom. The molecule has 0 unspecified atom stereocenters. The van der Waals surface area contributed by atoms with Gasteiger partial charge in [-0.1, -0.05) is 11.6 Å². The van der Waals surface area contributed by atoms with Crippen LogP contribution in [0.1, 0.15) is 11.1 Å². The van der Waals surface area contributed by atoms with Gasteiger partial charge < -0.3 is 18.9 Å². The van der Waals surface area contributed by atoms with E-state index in [1.54, 1.807) is 39.5 Å². The average Bonchev–Trinajstić information content (AvgIpc) is 3.24. The minimum absolute atomic E-state index is 0.300. The molecule has 31 heavy (non-hydrogen) atoms. The molecule has 1 amide bonds. The van der Waals surface area contributed by atoms with E-state index in [2.05, 4.69) is 10.3 Å². The first-order valence-electron chi connectivity index (χ1n) is 9.38. The second-order valence-corrected chi connectivity index (χ2v) is 7.38. The highest BCUT2D eigenvalue weighted by atomic mass is 32.1. The van der Waals surface area contributed by atoms with Crippen LogP contribution in [-0.4, -0.2) is 39.3 Å². The highest BCUT2D eigenvalue weighted by Crippen LogP contribution is 2.38. The fourth-order valence-electron chi connectivity index (χ4n) is 2.99. The molecule has 0 saturated heterocycles. The molecule has 1 heterocycles. The lowest BCUT2D eigenvalue weighted by Gasteiger charge is -2.12. The van der Waals surface area contributed by atoms with Crippen molar-refractivity contribution in [2.24, 2.45) is 0 Å². The van der Waals surface area contributed by atoms with Crippen molar-refractivity contribution in [3.05, 3.63) is 52.9 Å². The summed E-state index contributed by atoms with van der Waals surface area (Å²) in [5.41, 5.74) is 3.46. The molecular formula is C23H24N2O5S. The molecule has 2 aromatic carbocycles. The molecule has 0 radical (unpaired) electrons. The Balaban J connectivity index is 1.75. The van der Waals surface area contributed by atoms with Gasteiger partial charge in [-0.15, -0.1) is 11.3 Å². The number of aryl methyl sites for hydroxylation is 1. The van der Waals surface area contributed by atoms with Crippen LogP contribution in [0.3, 0.4) is 0 Å². The number of hydrogen-bond donors (Lipinski definition) is 1. The molecular weight excluding hydrogens is 416 g/mol. The van der Waals surface area contributed by atoms with E-state index in [0.717, 1.165) is 28.1 Å². The highest BCUT2D eigenvalue weighted by molar-refractivity contribution is 7.14. The Hall–Kier alpha value is -3.52. The Bertz CT molecular complexity index is 1080. The number of thiazole rings is 1. The topological polar surface area (TPSA) is 78.9 Å². The van der Waals surface area contributed by atoms with Crippen molar-refractivity contribution in [2.45, 2.75) is 6.92 Å². The molecule has 0 atom stereocenters. The minimum atomic E-state index is -0.300. The highest BCUT2D eigenvalue weighted by Gasteiger charge is 2.13. The van der Waals surface area contributed by atoms with Gasteiger partial charge in [0.1, 0.15) is 5.75 Å². The zero-order chi connectivity index (χ0) is 22.4. The second-order valence-electron chi connectivity index (χ2n) is 6.52. The van der Waals surface area contributed by atoms with E-state index >= 15 is 0 Å². The van der Waals surface area contributed by atoms with Gasteiger partial charge in [0.05, 0.1) is 34.1 Å². The summed E-state index contributed by atoms with van der Waals surface area (Å²) in [6.45, 7) is 2.01. The number of carbonyl (C=O) groups excluding carboxylic acids is 1. The molecule has 0 saturated carbocycles. The van der Waals surface area contributed by atoms with E-state index in [1.807, 2.05) is 30.5 Å². The minimum Gasteiger partial charge on any atom is -0.496 e. The van der Waals surface area contributed by atoms with Crippen molar-refractivity contribution in [3.8, 4) is 34.3 Å². The maximum Gasteiger partial charge on any atom is 0.250 e. The molecule has 8 heteroatoms. The molecule has 0 fully saturated rings. The molecule has 7 nitrogen and oxygen atoms in total. The van der Waals surface area contributed by atoms with Crippen molar-refractivity contribution < 1.29 is 23.7 Å². The molecule has 0 aliphatic rings. The molecule has 0 spiro atoms. The zero-order valence-corrected chi connectivity index (χ0v) is 18.8. The van der Waals surface area contributed by atoms with Crippen molar-refractivity contribution in [1.82, 2.24) is 4.98 Å². The summed E-state index contributed by atoms with van der Waals surface area (Å²) >= 11 is 1.35. The van der Waals surface area contributed by atoms with Gasteiger partial charge in [0.15, 0.2) is 16.6 Å². The lowest BCUT2D eigenvalue weighted by Crippen LogP contribution is -2.07. The van der Waals surface area contributed by atoms with E-state index in [-0.39, 0.29) is 5.91 Å². The quantitative estimate of drug-likeness (QED) is 0.507. The first kappa shape index (κ1) is 22.2. The Morgan fingerprint density at radius 1 is 0.968 bits per heavy atom. The number of amides is 1. The molecule has 1 aromatic heterocycles. The monoisotopic (exact) mass is 440 g/mol. The van der Waals surface area contributed by atoms with Gasteiger partial charge in [0.2, 0.25) is 11.7 Å². The fraction of sp³-hybridized carbons (Fsp3) is 0.217. The Labute approximate surface area is 185 Å². The fourth-order valence-corrected chi connectivity index (χ4v) is 3.71. The van der Waals surface area contributed by atoms with E-state index < -0.39 is 0 Å². The number of nitrogens with zero attached hydrogens (tertiary/aromatic N) is 1. The normalized spacial score (nSPS) is 10.7. The second kappa shape index (κ2) is 9.99. The largest absolute Gasteiger partial charge is 0.496 e. The average molecular weight is 441 g/mol. The molecule has 0 aliphatic heterocycles. The third-order valence-electron chi connectivity index (χ3n) is 4.48. The molecule has 0 bridgehead atoms. The number of aromatic nitrogens is 1. The van der Waals surface area contributed by atoms with Crippen LogP contribution in [0.25, 0.3) is 17.3 Å². The van der Waals surface area contributed by atoms with Crippen LogP contribution >= 0.6 is 11.3 Å². The zero-order valence-electron chi connectivity index (χ0n) is 18.0. The Morgan fingerprint density at radius 3 is 2.26 bits per heavy atom. The summed E-state index contributed by atoms with van der Waals surface area (Å²) in [5, 5.41) is 5.17. The number of methoxy groups -OCH3 is 4. The van der Waals surface area contributed by atoms with E-state index in [4.69, 9.17) is 18.9 Å². The standard InChI is InChI=1S/C23H24N2O5S/c1-14-6-8-18(27-2)16(10-14)17-13-31-23(24-17)25-21(26)9-7-15-11-19(28-3)22(30-5)20(12-15)29-4/h6-13H,1-5H3,(H,24,25,26)/b9-7+. The Kier molecular flexibility index (Phi) is 7.15. The lowest BCUT2D eigenvalue weighted by molar-refractivity contribution is -0.111. The maximum absolute atomic E-state index is 12.4. The van der Waals surface area contributed by atoms with E-state index in [0.29, 0.717) is 22.4 Å². The number of ether oxygens (including phenoxy) is 4. The summed E-state index contributed by atoms with van der Waals surface area (Å²) in [7, 11) is 6.25. The lowest BCUT2D eigenvalue weighted by atomic mass is 10.1. The first-order valence-corrected chi connectivity index (χ1v) is 10.3. The third kappa shape index (κ3) is 5.16. The number of anilines is 1. The van der Waals surface area contributed by atoms with Crippen LogP contribution in [-0.2, 0) is 4.79 Å². The van der Waals surface area contributed by atoms with Crippen LogP contribution in [0.2, 0.25) is 0 Å². The van der Waals surface area contributed by atoms with Crippen LogP contribution in [0.5, 0.6) is 23.0 Å². The van der Waals surface area contributed by atoms with Gasteiger partial charge in [0, 0.05) is 17.0 Å². The number of rotatable bonds is 8. The summed E-state index contributed by atoms with van der Waals surface area (Å²) < 4.78 is 21.4. The first-order chi connectivity index (χ1) is 15.0. The van der Waals surface area contributed by atoms with Crippen molar-refractivity contribution in [1.29, 1.82) is 0 Å². The number of nitrogens with one attached hydrogen (secondary N) is 1. The van der Waals surface area contributed by atoms with Crippen molar-refractivity contribution in [3.63, 3.8) is 0 Å². The summed E-state index contributed by atoms with van der Waals surface area (Å²) in [6.07, 6.45) is 3.09. The van der Waals surface area contributed by atoms with Crippen LogP contribution < -0.4 is 24.3 Å². The molecule has 0 aliphatic carbocycles. The smallest absolute Gasteiger partial charge is 0.250 e. The van der Waals surface area contributed by atoms with Gasteiger partial charge in [-0.3, -0.25) is 10.1 Å². The molecule has 162 valence electrons. The van der Waals surface area contributed by atoms with Gasteiger partial charge in [0.25, 0.3) is 0 Å². The van der Waals surface area contributed by atoms with Crippen LogP contribution in [0.15, 0.2) is 41.8 Å². The number of carbonyl (C=O) groups is 1. The van der Waals surface area contributed by atoms with Crippen molar-refractivity contribution in [2.75, 3.05) is 33.8 Å². The van der Waals surface area contributed by atoms with Crippen LogP contribution in [0.4, 0.5) is 5.13 Å². The van der Waals surface area contributed by atoms with E-state index in [9.17, 15) is 4.79 Å². The summed E-state index contributed by atoms with van der Waals surface area (Å²) in [4.78, 5) is 16.9. The molecule has 3 rings (SSSR count). The van der Waals surface area contributed by atoms with Gasteiger partial charge in [-0.25, -0.2) is 4.98 Å². The molecule has 1 N–H and O–H groups in total. The number of benzene rings is 2. The van der Waals surface area contributed by atoms with Crippen LogP contribution in [0, 0.1) is 6.92 Å². The summed E-state index contributed by atoms with van der Waals surface area (Å²) in [6, 6.07) is 9.41. The van der Waals surface area contributed by atoms with Gasteiger partial charge in [-0.05, 0) is 42.8 Å².